The van der Waals surface area contributed by atoms with Crippen LogP contribution in [0.2, 0.25) is 0 Å². The summed E-state index contributed by atoms with van der Waals surface area (Å²) in [6.45, 7) is 4.62. The first kappa shape index (κ1) is 17.3. The van der Waals surface area contributed by atoms with Gasteiger partial charge in [0.2, 0.25) is 0 Å². The Morgan fingerprint density at radius 1 is 1.20 bits per heavy atom. The van der Waals surface area contributed by atoms with E-state index in [2.05, 4.69) is 13.8 Å². The Bertz CT molecular complexity index is 202. The highest BCUT2D eigenvalue weighted by Gasteiger charge is 2.22. The summed E-state index contributed by atoms with van der Waals surface area (Å²) in [5, 5.41) is 14.8. The van der Waals surface area contributed by atoms with Crippen molar-refractivity contribution in [2.45, 2.75) is 25.0 Å². The van der Waals surface area contributed by atoms with Gasteiger partial charge < -0.3 is 16.4 Å². The molecule has 0 aliphatic carbocycles. The van der Waals surface area contributed by atoms with Crippen molar-refractivity contribution in [1.29, 1.82) is 0 Å². The van der Waals surface area contributed by atoms with Gasteiger partial charge in [-0.2, -0.15) is 0 Å². The van der Waals surface area contributed by atoms with Gasteiger partial charge in [-0.05, 0) is 30.1 Å². The zero-order chi connectivity index (χ0) is 11.2. The van der Waals surface area contributed by atoms with E-state index in [0.29, 0.717) is 4.75 Å². The van der Waals surface area contributed by atoms with Crippen molar-refractivity contribution in [2.24, 2.45) is 0 Å². The van der Waals surface area contributed by atoms with Crippen molar-refractivity contribution >= 4 is 43.4 Å². The second kappa shape index (κ2) is 8.14. The van der Waals surface area contributed by atoms with Crippen LogP contribution in [-0.4, -0.2) is 32.7 Å². The van der Waals surface area contributed by atoms with Crippen LogP contribution in [0.1, 0.15) is 20.3 Å². The van der Waals surface area contributed by atoms with E-state index >= 15 is 0 Å². The first-order valence-electron chi connectivity index (χ1n) is 3.79. The second-order valence-corrected chi connectivity index (χ2v) is 7.99. The van der Waals surface area contributed by atoms with Crippen LogP contribution in [0.25, 0.3) is 0 Å². The van der Waals surface area contributed by atoms with E-state index in [-0.39, 0.29) is 6.15 Å². The lowest BCUT2D eigenvalue weighted by atomic mass is 10.1. The van der Waals surface area contributed by atoms with Gasteiger partial charge in [0.15, 0.2) is 0 Å². The van der Waals surface area contributed by atoms with E-state index in [9.17, 15) is 0 Å². The van der Waals surface area contributed by atoms with E-state index in [1.807, 2.05) is 31.4 Å². The lowest BCUT2D eigenvalue weighted by Crippen LogP contribution is -2.15. The molecule has 0 saturated carbocycles. The number of carbonyl (C=O) groups is 2. The molecule has 1 aliphatic rings. The van der Waals surface area contributed by atoms with Crippen LogP contribution in [0.4, 0.5) is 0 Å². The van der Waals surface area contributed by atoms with Crippen molar-refractivity contribution in [1.82, 2.24) is 6.15 Å². The van der Waals surface area contributed by atoms with Crippen molar-refractivity contribution in [3.8, 4) is 0 Å². The maximum Gasteiger partial charge on any atom is 0.414 e. The Morgan fingerprint density at radius 3 is 1.80 bits per heavy atom. The molecular formula is C7H15NO4S3. The molecule has 0 radical (unpaired) electrons. The van der Waals surface area contributed by atoms with Crippen LogP contribution >= 0.6 is 31.4 Å². The summed E-state index contributed by atoms with van der Waals surface area (Å²) in [5.41, 5.74) is 0. The second-order valence-electron chi connectivity index (χ2n) is 3.09. The third-order valence-electron chi connectivity index (χ3n) is 1.28. The van der Waals surface area contributed by atoms with Crippen LogP contribution in [0.5, 0.6) is 0 Å². The van der Waals surface area contributed by atoms with E-state index in [4.69, 9.17) is 19.8 Å². The molecule has 1 heterocycles. The fraction of sp³-hybridized carbons (Fsp3) is 0.714. The minimum atomic E-state index is -1.82. The minimum absolute atomic E-state index is 0. The molecule has 5 N–H and O–H groups in total. The molecule has 0 bridgehead atoms. The summed E-state index contributed by atoms with van der Waals surface area (Å²) in [7, 11) is 5.91. The third-order valence-corrected chi connectivity index (χ3v) is 6.29. The summed E-state index contributed by atoms with van der Waals surface area (Å²) < 4.78 is 0.538. The molecule has 0 atom stereocenters. The lowest BCUT2D eigenvalue weighted by Gasteiger charge is -2.26. The number of rotatable bonds is 0. The highest BCUT2D eigenvalue weighted by atomic mass is 33.5. The van der Waals surface area contributed by atoms with E-state index in [0.717, 1.165) is 0 Å². The van der Waals surface area contributed by atoms with Gasteiger partial charge in [-0.15, -0.1) is 0 Å². The minimum Gasteiger partial charge on any atom is -0.473 e. The van der Waals surface area contributed by atoms with E-state index in [1.54, 1.807) is 0 Å². The zero-order valence-corrected chi connectivity index (χ0v) is 11.0. The maximum absolute atomic E-state index is 9.10. The molecule has 1 rings (SSSR count). The van der Waals surface area contributed by atoms with Crippen molar-refractivity contribution < 1.29 is 19.8 Å². The standard InChI is InChI=1S/C5H10S3.C2H2O4.H3N/c1-5(2)3-4-6-8-7-5;3-1(4)2(5)6;/h3-4H2,1-2H3;(H,3,4)(H,5,6);1H3. The molecule has 1 aliphatic heterocycles. The van der Waals surface area contributed by atoms with Gasteiger partial charge in [-0.25, -0.2) is 9.59 Å². The molecule has 0 aromatic heterocycles. The monoisotopic (exact) mass is 273 g/mol. The quantitative estimate of drug-likeness (QED) is 0.456. The highest BCUT2D eigenvalue weighted by molar-refractivity contribution is 9.09. The summed E-state index contributed by atoms with van der Waals surface area (Å²) in [6.07, 6.45) is 1.36. The Labute approximate surface area is 100 Å². The van der Waals surface area contributed by atoms with Crippen LogP contribution in [0, 0.1) is 0 Å². The molecule has 1 fully saturated rings. The first-order chi connectivity index (χ1) is 6.35. The van der Waals surface area contributed by atoms with Crippen LogP contribution in [-0.2, 0) is 9.59 Å². The predicted molar refractivity (Wildman–Crippen MR) is 66.6 cm³/mol. The number of aliphatic carboxylic acids is 2. The molecule has 0 amide bonds. The van der Waals surface area contributed by atoms with Crippen molar-refractivity contribution in [3.05, 3.63) is 0 Å². The molecule has 0 unspecified atom stereocenters. The molecule has 0 aromatic carbocycles. The van der Waals surface area contributed by atoms with Crippen molar-refractivity contribution in [2.75, 3.05) is 5.75 Å². The number of carboxylic acids is 2. The highest BCUT2D eigenvalue weighted by Crippen LogP contribution is 2.50. The number of hydrogen-bond donors (Lipinski definition) is 3. The fourth-order valence-corrected chi connectivity index (χ4v) is 5.79. The summed E-state index contributed by atoms with van der Waals surface area (Å²) in [6, 6.07) is 0. The molecular weight excluding hydrogens is 258 g/mol. The van der Waals surface area contributed by atoms with Gasteiger partial charge >= 0.3 is 11.9 Å². The normalized spacial score (nSPS) is 17.7. The number of hydrogen-bond acceptors (Lipinski definition) is 6. The van der Waals surface area contributed by atoms with Crippen LogP contribution < -0.4 is 6.15 Å². The maximum atomic E-state index is 9.10. The van der Waals surface area contributed by atoms with Crippen molar-refractivity contribution in [3.63, 3.8) is 0 Å². The molecule has 0 spiro atoms. The van der Waals surface area contributed by atoms with E-state index in [1.165, 1.54) is 12.2 Å². The summed E-state index contributed by atoms with van der Waals surface area (Å²) in [4.78, 5) is 18.2. The molecule has 1 saturated heterocycles. The summed E-state index contributed by atoms with van der Waals surface area (Å²) >= 11 is 0. The van der Waals surface area contributed by atoms with Gasteiger partial charge in [0.05, 0.1) is 0 Å². The van der Waals surface area contributed by atoms with Gasteiger partial charge in [0.25, 0.3) is 0 Å². The van der Waals surface area contributed by atoms with E-state index < -0.39 is 11.9 Å². The Kier molecular flexibility index (Phi) is 9.42. The lowest BCUT2D eigenvalue weighted by molar-refractivity contribution is -0.159. The van der Waals surface area contributed by atoms with Gasteiger partial charge in [0.1, 0.15) is 0 Å². The summed E-state index contributed by atoms with van der Waals surface area (Å²) in [5.74, 6) is -2.32. The molecule has 8 heteroatoms. The molecule has 0 aromatic rings. The smallest absolute Gasteiger partial charge is 0.414 e. The van der Waals surface area contributed by atoms with Crippen LogP contribution in [0.3, 0.4) is 0 Å². The predicted octanol–water partition coefficient (Wildman–Crippen LogP) is 2.52. The Morgan fingerprint density at radius 2 is 1.67 bits per heavy atom. The fourth-order valence-electron chi connectivity index (χ4n) is 0.479. The largest absolute Gasteiger partial charge is 0.473 e. The molecule has 5 nitrogen and oxygen atoms in total. The average Bonchev–Trinajstić information content (AvgIpc) is 2.04. The third kappa shape index (κ3) is 10.2. The number of carboxylic acid groups (broad SMARTS) is 2. The average molecular weight is 273 g/mol. The van der Waals surface area contributed by atoms with Crippen LogP contribution in [0.15, 0.2) is 0 Å². The SMILES string of the molecule is CC1(C)CCSSS1.N.O=C(O)C(=O)O. The Hall–Kier alpha value is -0.0500. The van der Waals surface area contributed by atoms with Gasteiger partial charge in [-0.3, -0.25) is 0 Å². The Balaban J connectivity index is 0. The molecule has 90 valence electrons. The van der Waals surface area contributed by atoms with Gasteiger partial charge in [0, 0.05) is 10.5 Å². The first-order valence-corrected chi connectivity index (χ1v) is 7.44. The van der Waals surface area contributed by atoms with Gasteiger partial charge in [-0.1, -0.05) is 21.6 Å². The molecule has 15 heavy (non-hydrogen) atoms. The topological polar surface area (TPSA) is 110 Å². The zero-order valence-electron chi connectivity index (χ0n) is 8.56.